The molecule has 0 saturated carbocycles. The Morgan fingerprint density at radius 1 is 1.11 bits per heavy atom. The largest absolute Gasteiger partial charge is 0.508 e. The summed E-state index contributed by atoms with van der Waals surface area (Å²) in [7, 11) is 0. The van der Waals surface area contributed by atoms with E-state index in [1.165, 1.54) is 5.56 Å². The third kappa shape index (κ3) is 4.03. The summed E-state index contributed by atoms with van der Waals surface area (Å²) in [5.74, 6) is 0.141. The van der Waals surface area contributed by atoms with Crippen molar-refractivity contribution in [2.75, 3.05) is 0 Å². The zero-order chi connectivity index (χ0) is 19.6. The van der Waals surface area contributed by atoms with Crippen LogP contribution in [0.15, 0.2) is 54.7 Å². The van der Waals surface area contributed by atoms with E-state index in [1.807, 2.05) is 48.9 Å². The zero-order valence-corrected chi connectivity index (χ0v) is 16.1. The van der Waals surface area contributed by atoms with Crippen LogP contribution in [0.1, 0.15) is 59.9 Å². The van der Waals surface area contributed by atoms with Crippen molar-refractivity contribution < 1.29 is 9.90 Å². The number of rotatable bonds is 5. The molecule has 0 radical (unpaired) electrons. The van der Waals surface area contributed by atoms with Gasteiger partial charge in [-0.25, -0.2) is 4.68 Å². The fraction of sp³-hybridized carbons (Fsp3) is 0.273. The van der Waals surface area contributed by atoms with Gasteiger partial charge in [0.25, 0.3) is 5.91 Å². The Labute approximate surface area is 159 Å². The number of hydrogen-bond acceptors (Lipinski definition) is 3. The molecule has 1 atom stereocenters. The summed E-state index contributed by atoms with van der Waals surface area (Å²) in [5, 5.41) is 17.1. The number of aromatic hydroxyl groups is 1. The van der Waals surface area contributed by atoms with Gasteiger partial charge in [0.1, 0.15) is 5.75 Å². The number of carbonyl (C=O) groups excluding carboxylic acids is 1. The van der Waals surface area contributed by atoms with Crippen LogP contribution in [0.4, 0.5) is 0 Å². The molecule has 1 heterocycles. The molecule has 0 bridgehead atoms. The molecule has 5 nitrogen and oxygen atoms in total. The molecule has 1 unspecified atom stereocenters. The van der Waals surface area contributed by atoms with Crippen LogP contribution >= 0.6 is 0 Å². The highest BCUT2D eigenvalue weighted by atomic mass is 16.3. The van der Waals surface area contributed by atoms with Crippen LogP contribution in [0.25, 0.3) is 5.69 Å². The average Bonchev–Trinajstić information content (AvgIpc) is 3.07. The number of nitrogens with one attached hydrogen (secondary N) is 1. The number of carbonyl (C=O) groups is 1. The Bertz CT molecular complexity index is 942. The van der Waals surface area contributed by atoms with Crippen LogP contribution in [-0.2, 0) is 0 Å². The molecular weight excluding hydrogens is 338 g/mol. The maximum atomic E-state index is 12.9. The van der Waals surface area contributed by atoms with E-state index < -0.39 is 0 Å². The quantitative estimate of drug-likeness (QED) is 0.701. The molecule has 0 fully saturated rings. The van der Waals surface area contributed by atoms with E-state index in [9.17, 15) is 9.90 Å². The minimum Gasteiger partial charge on any atom is -0.508 e. The highest BCUT2D eigenvalue weighted by Gasteiger charge is 2.22. The molecule has 0 aliphatic rings. The SMILES string of the molecule is Cc1ccc(-n2ncc(C(=O)NC(C)c3cccc(O)c3)c2C(C)C)cc1. The number of benzene rings is 2. The molecule has 27 heavy (non-hydrogen) atoms. The minimum atomic E-state index is -0.229. The van der Waals surface area contributed by atoms with Crippen molar-refractivity contribution in [3.8, 4) is 11.4 Å². The van der Waals surface area contributed by atoms with Crippen molar-refractivity contribution in [2.45, 2.75) is 39.7 Å². The summed E-state index contributed by atoms with van der Waals surface area (Å²) in [6.45, 7) is 8.04. The van der Waals surface area contributed by atoms with Gasteiger partial charge < -0.3 is 10.4 Å². The van der Waals surface area contributed by atoms with Crippen LogP contribution in [-0.4, -0.2) is 20.8 Å². The smallest absolute Gasteiger partial charge is 0.255 e. The Hall–Kier alpha value is -3.08. The number of phenols is 1. The Balaban J connectivity index is 1.89. The van der Waals surface area contributed by atoms with Crippen molar-refractivity contribution in [1.82, 2.24) is 15.1 Å². The first-order valence-corrected chi connectivity index (χ1v) is 9.11. The number of amides is 1. The fourth-order valence-electron chi connectivity index (χ4n) is 3.13. The van der Waals surface area contributed by atoms with Gasteiger partial charge in [0, 0.05) is 0 Å². The summed E-state index contributed by atoms with van der Waals surface area (Å²) in [5.41, 5.74) is 4.40. The second-order valence-corrected chi connectivity index (χ2v) is 7.14. The molecule has 0 spiro atoms. The summed E-state index contributed by atoms with van der Waals surface area (Å²) < 4.78 is 1.83. The first-order valence-electron chi connectivity index (χ1n) is 9.11. The molecule has 5 heteroatoms. The lowest BCUT2D eigenvalue weighted by atomic mass is 10.0. The van der Waals surface area contributed by atoms with E-state index in [-0.39, 0.29) is 23.6 Å². The van der Waals surface area contributed by atoms with Crippen LogP contribution in [0, 0.1) is 6.92 Å². The summed E-state index contributed by atoms with van der Waals surface area (Å²) >= 11 is 0. The van der Waals surface area contributed by atoms with Gasteiger partial charge in [-0.05, 0) is 49.6 Å². The van der Waals surface area contributed by atoms with Crippen molar-refractivity contribution in [1.29, 1.82) is 0 Å². The number of aromatic nitrogens is 2. The van der Waals surface area contributed by atoms with E-state index in [2.05, 4.69) is 24.3 Å². The third-order valence-corrected chi connectivity index (χ3v) is 4.59. The van der Waals surface area contributed by atoms with Crippen molar-refractivity contribution in [2.24, 2.45) is 0 Å². The van der Waals surface area contributed by atoms with Gasteiger partial charge in [0.2, 0.25) is 0 Å². The maximum Gasteiger partial charge on any atom is 0.255 e. The van der Waals surface area contributed by atoms with Gasteiger partial charge >= 0.3 is 0 Å². The minimum absolute atomic E-state index is 0.130. The molecule has 2 N–H and O–H groups in total. The van der Waals surface area contributed by atoms with E-state index in [1.54, 1.807) is 24.4 Å². The van der Waals surface area contributed by atoms with E-state index >= 15 is 0 Å². The van der Waals surface area contributed by atoms with Gasteiger partial charge in [0.15, 0.2) is 0 Å². The summed E-state index contributed by atoms with van der Waals surface area (Å²) in [4.78, 5) is 12.9. The maximum absolute atomic E-state index is 12.9. The molecule has 1 amide bonds. The van der Waals surface area contributed by atoms with Gasteiger partial charge in [-0.2, -0.15) is 5.10 Å². The van der Waals surface area contributed by atoms with E-state index in [0.717, 1.165) is 16.9 Å². The van der Waals surface area contributed by atoms with E-state index in [4.69, 9.17) is 0 Å². The third-order valence-electron chi connectivity index (χ3n) is 4.59. The molecule has 140 valence electrons. The van der Waals surface area contributed by atoms with Crippen molar-refractivity contribution >= 4 is 5.91 Å². The zero-order valence-electron chi connectivity index (χ0n) is 16.1. The molecule has 3 rings (SSSR count). The number of hydrogen-bond donors (Lipinski definition) is 2. The van der Waals surface area contributed by atoms with Crippen LogP contribution in [0.3, 0.4) is 0 Å². The standard InChI is InChI=1S/C22H25N3O2/c1-14(2)21-20(13-23-25(21)18-10-8-15(3)9-11-18)22(27)24-16(4)17-6-5-7-19(26)12-17/h5-14,16,26H,1-4H3,(H,24,27). The highest BCUT2D eigenvalue weighted by Crippen LogP contribution is 2.24. The molecule has 2 aromatic carbocycles. The van der Waals surface area contributed by atoms with E-state index in [0.29, 0.717) is 5.56 Å². The first-order chi connectivity index (χ1) is 12.9. The molecular formula is C22H25N3O2. The van der Waals surface area contributed by atoms with Gasteiger partial charge in [-0.3, -0.25) is 4.79 Å². The number of aryl methyl sites for hydroxylation is 1. The summed E-state index contributed by atoms with van der Waals surface area (Å²) in [6, 6.07) is 14.8. The number of nitrogens with zero attached hydrogens (tertiary/aromatic N) is 2. The fourth-order valence-corrected chi connectivity index (χ4v) is 3.13. The van der Waals surface area contributed by atoms with Gasteiger partial charge in [-0.15, -0.1) is 0 Å². The lowest BCUT2D eigenvalue weighted by Crippen LogP contribution is -2.27. The van der Waals surface area contributed by atoms with Crippen molar-refractivity contribution in [3.63, 3.8) is 0 Å². The van der Waals surface area contributed by atoms with Crippen LogP contribution in [0.5, 0.6) is 5.75 Å². The number of phenolic OH excluding ortho intramolecular Hbond substituents is 1. The Kier molecular flexibility index (Phi) is 5.31. The lowest BCUT2D eigenvalue weighted by molar-refractivity contribution is 0.0938. The predicted molar refractivity (Wildman–Crippen MR) is 106 cm³/mol. The predicted octanol–water partition coefficient (Wildman–Crippen LogP) is 4.50. The molecule has 0 aliphatic carbocycles. The Morgan fingerprint density at radius 2 is 1.81 bits per heavy atom. The molecule has 1 aromatic heterocycles. The van der Waals surface area contributed by atoms with Gasteiger partial charge in [-0.1, -0.05) is 43.7 Å². The second-order valence-electron chi connectivity index (χ2n) is 7.14. The van der Waals surface area contributed by atoms with Crippen molar-refractivity contribution in [3.05, 3.63) is 77.1 Å². The monoisotopic (exact) mass is 363 g/mol. The van der Waals surface area contributed by atoms with Gasteiger partial charge in [0.05, 0.1) is 29.2 Å². The summed E-state index contributed by atoms with van der Waals surface area (Å²) in [6.07, 6.45) is 1.62. The average molecular weight is 363 g/mol. The molecule has 3 aromatic rings. The molecule has 0 aliphatic heterocycles. The highest BCUT2D eigenvalue weighted by molar-refractivity contribution is 5.95. The normalized spacial score (nSPS) is 12.2. The first kappa shape index (κ1) is 18.7. The Morgan fingerprint density at radius 3 is 2.44 bits per heavy atom. The van der Waals surface area contributed by atoms with Crippen LogP contribution in [0.2, 0.25) is 0 Å². The topological polar surface area (TPSA) is 67.2 Å². The molecule has 0 saturated heterocycles. The lowest BCUT2D eigenvalue weighted by Gasteiger charge is -2.16. The van der Waals surface area contributed by atoms with Crippen LogP contribution < -0.4 is 5.32 Å². The second kappa shape index (κ2) is 7.66.